The van der Waals surface area contributed by atoms with Crippen LogP contribution in [0.4, 0.5) is 0 Å². The highest BCUT2D eigenvalue weighted by Gasteiger charge is 2.16. The van der Waals surface area contributed by atoms with Gasteiger partial charge in [-0.1, -0.05) is 24.3 Å². The van der Waals surface area contributed by atoms with Crippen LogP contribution in [0.25, 0.3) is 0 Å². The molecule has 0 saturated carbocycles. The Bertz CT molecular complexity index is 386. The summed E-state index contributed by atoms with van der Waals surface area (Å²) in [6.07, 6.45) is 5.36. The van der Waals surface area contributed by atoms with Gasteiger partial charge in [0.1, 0.15) is 0 Å². The van der Waals surface area contributed by atoms with Gasteiger partial charge in [-0.05, 0) is 68.9 Å². The molecule has 2 nitrogen and oxygen atoms in total. The number of benzene rings is 1. The summed E-state index contributed by atoms with van der Waals surface area (Å²) in [4.78, 5) is 2.58. The van der Waals surface area contributed by atoms with Crippen LogP contribution in [0.15, 0.2) is 24.3 Å². The van der Waals surface area contributed by atoms with Crippen LogP contribution in [0.5, 0.6) is 0 Å². The molecule has 0 spiro atoms. The summed E-state index contributed by atoms with van der Waals surface area (Å²) >= 11 is 0. The van der Waals surface area contributed by atoms with E-state index >= 15 is 0 Å². The van der Waals surface area contributed by atoms with E-state index in [1.54, 1.807) is 5.56 Å². The zero-order chi connectivity index (χ0) is 12.2. The third-order valence-electron chi connectivity index (χ3n) is 4.37. The van der Waals surface area contributed by atoms with E-state index in [0.29, 0.717) is 0 Å². The van der Waals surface area contributed by atoms with Crippen LogP contribution in [0.2, 0.25) is 0 Å². The fourth-order valence-electron chi connectivity index (χ4n) is 3.30. The second kappa shape index (κ2) is 8.89. The maximum atomic E-state index is 3.45. The highest BCUT2D eigenvalue weighted by molar-refractivity contribution is 5.85. The van der Waals surface area contributed by atoms with Gasteiger partial charge in [0.15, 0.2) is 0 Å². The van der Waals surface area contributed by atoms with Crippen molar-refractivity contribution in [3.63, 3.8) is 0 Å². The lowest BCUT2D eigenvalue weighted by Gasteiger charge is -2.24. The van der Waals surface area contributed by atoms with Crippen LogP contribution in [0.1, 0.15) is 42.7 Å². The first-order chi connectivity index (χ1) is 8.92. The normalized spacial score (nSPS) is 20.2. The Balaban J connectivity index is 0.000001000. The van der Waals surface area contributed by atoms with E-state index in [2.05, 4.69) is 34.5 Å². The monoisotopic (exact) mass is 316 g/mol. The van der Waals surface area contributed by atoms with Crippen molar-refractivity contribution in [2.75, 3.05) is 26.2 Å². The molecule has 4 heteroatoms. The molecule has 0 bridgehead atoms. The number of nitrogens with zero attached hydrogens (tertiary/aromatic N) is 1. The zero-order valence-electron chi connectivity index (χ0n) is 12.0. The van der Waals surface area contributed by atoms with Crippen LogP contribution in [0.3, 0.4) is 0 Å². The Hall–Kier alpha value is -0.280. The number of hydrogen-bond donors (Lipinski definition) is 1. The van der Waals surface area contributed by atoms with Crippen molar-refractivity contribution >= 4 is 24.8 Å². The molecule has 0 unspecified atom stereocenters. The third kappa shape index (κ3) is 4.63. The second-order valence-corrected chi connectivity index (χ2v) is 5.75. The SMILES string of the molecule is Cl.Cl.c1cc(CN2CCCC2)cc(C2CCNCC2)c1. The van der Waals surface area contributed by atoms with Crippen molar-refractivity contribution in [3.8, 4) is 0 Å². The summed E-state index contributed by atoms with van der Waals surface area (Å²) in [6.45, 7) is 6.09. The number of likely N-dealkylation sites (tertiary alicyclic amines) is 1. The van der Waals surface area contributed by atoms with Gasteiger partial charge in [0.05, 0.1) is 0 Å². The van der Waals surface area contributed by atoms with Gasteiger partial charge in [0.25, 0.3) is 0 Å². The minimum Gasteiger partial charge on any atom is -0.317 e. The summed E-state index contributed by atoms with van der Waals surface area (Å²) in [5.74, 6) is 0.782. The van der Waals surface area contributed by atoms with E-state index in [-0.39, 0.29) is 24.8 Å². The van der Waals surface area contributed by atoms with E-state index in [4.69, 9.17) is 0 Å². The number of piperidine rings is 1. The molecule has 1 aromatic carbocycles. The summed E-state index contributed by atoms with van der Waals surface area (Å²) < 4.78 is 0. The van der Waals surface area contributed by atoms with E-state index in [0.717, 1.165) is 12.5 Å². The molecule has 0 amide bonds. The van der Waals surface area contributed by atoms with Gasteiger partial charge in [0, 0.05) is 6.54 Å². The smallest absolute Gasteiger partial charge is 0.0233 e. The van der Waals surface area contributed by atoms with Crippen LogP contribution >= 0.6 is 24.8 Å². The van der Waals surface area contributed by atoms with Crippen molar-refractivity contribution in [1.29, 1.82) is 0 Å². The Kier molecular flexibility index (Phi) is 7.90. The van der Waals surface area contributed by atoms with Crippen molar-refractivity contribution in [2.24, 2.45) is 0 Å². The Labute approximate surface area is 135 Å². The lowest BCUT2D eigenvalue weighted by Crippen LogP contribution is -2.26. The molecule has 1 aromatic rings. The van der Waals surface area contributed by atoms with Gasteiger partial charge < -0.3 is 5.32 Å². The average Bonchev–Trinajstić information content (AvgIpc) is 2.93. The topological polar surface area (TPSA) is 15.3 Å². The van der Waals surface area contributed by atoms with Crippen LogP contribution in [-0.4, -0.2) is 31.1 Å². The predicted octanol–water partition coefficient (Wildman–Crippen LogP) is 3.59. The molecule has 3 rings (SSSR count). The number of nitrogens with one attached hydrogen (secondary N) is 1. The zero-order valence-corrected chi connectivity index (χ0v) is 13.6. The molecule has 1 N–H and O–H groups in total. The molecule has 0 atom stereocenters. The van der Waals surface area contributed by atoms with Crippen molar-refractivity contribution in [2.45, 2.75) is 38.1 Å². The van der Waals surface area contributed by atoms with E-state index < -0.39 is 0 Å². The predicted molar refractivity (Wildman–Crippen MR) is 90.3 cm³/mol. The second-order valence-electron chi connectivity index (χ2n) is 5.75. The molecular formula is C16H26Cl2N2. The summed E-state index contributed by atoms with van der Waals surface area (Å²) in [7, 11) is 0. The van der Waals surface area contributed by atoms with Crippen LogP contribution in [0, 0.1) is 0 Å². The van der Waals surface area contributed by atoms with Gasteiger partial charge >= 0.3 is 0 Å². The quantitative estimate of drug-likeness (QED) is 0.916. The van der Waals surface area contributed by atoms with E-state index in [1.807, 2.05) is 0 Å². The molecule has 0 aliphatic carbocycles. The number of rotatable bonds is 3. The Morgan fingerprint density at radius 2 is 1.75 bits per heavy atom. The molecule has 0 radical (unpaired) electrons. The first-order valence-electron chi connectivity index (χ1n) is 7.44. The Morgan fingerprint density at radius 1 is 1.05 bits per heavy atom. The lowest BCUT2D eigenvalue weighted by molar-refractivity contribution is 0.331. The fraction of sp³-hybridized carbons (Fsp3) is 0.625. The molecule has 114 valence electrons. The number of halogens is 2. The van der Waals surface area contributed by atoms with Gasteiger partial charge in [-0.15, -0.1) is 24.8 Å². The minimum absolute atomic E-state index is 0. The van der Waals surface area contributed by atoms with E-state index in [9.17, 15) is 0 Å². The van der Waals surface area contributed by atoms with Crippen molar-refractivity contribution in [1.82, 2.24) is 10.2 Å². The molecule has 20 heavy (non-hydrogen) atoms. The molecule has 2 aliphatic heterocycles. The highest BCUT2D eigenvalue weighted by atomic mass is 35.5. The van der Waals surface area contributed by atoms with Gasteiger partial charge in [-0.3, -0.25) is 4.90 Å². The van der Waals surface area contributed by atoms with Gasteiger partial charge in [-0.25, -0.2) is 0 Å². The first kappa shape index (κ1) is 17.8. The van der Waals surface area contributed by atoms with E-state index in [1.165, 1.54) is 57.4 Å². The summed E-state index contributed by atoms with van der Waals surface area (Å²) in [5.41, 5.74) is 3.07. The van der Waals surface area contributed by atoms with Crippen molar-refractivity contribution < 1.29 is 0 Å². The number of hydrogen-bond acceptors (Lipinski definition) is 2. The standard InChI is InChI=1S/C16H24N2.2ClH/c1-2-11-18(10-1)13-14-4-3-5-16(12-14)15-6-8-17-9-7-15;;/h3-5,12,15,17H,1-2,6-11,13H2;2*1H. The van der Waals surface area contributed by atoms with Crippen molar-refractivity contribution in [3.05, 3.63) is 35.4 Å². The van der Waals surface area contributed by atoms with Crippen LogP contribution in [-0.2, 0) is 6.54 Å². The molecule has 0 aromatic heterocycles. The lowest BCUT2D eigenvalue weighted by atomic mass is 9.89. The largest absolute Gasteiger partial charge is 0.317 e. The van der Waals surface area contributed by atoms with Gasteiger partial charge in [0.2, 0.25) is 0 Å². The fourth-order valence-corrected chi connectivity index (χ4v) is 3.30. The maximum Gasteiger partial charge on any atom is 0.0233 e. The van der Waals surface area contributed by atoms with Crippen LogP contribution < -0.4 is 5.32 Å². The minimum atomic E-state index is 0. The Morgan fingerprint density at radius 3 is 2.45 bits per heavy atom. The average molecular weight is 317 g/mol. The molecule has 2 heterocycles. The molecular weight excluding hydrogens is 291 g/mol. The molecule has 2 saturated heterocycles. The molecule has 2 aliphatic rings. The first-order valence-corrected chi connectivity index (χ1v) is 7.44. The van der Waals surface area contributed by atoms with Gasteiger partial charge in [-0.2, -0.15) is 0 Å². The molecule has 2 fully saturated rings. The third-order valence-corrected chi connectivity index (χ3v) is 4.37. The summed E-state index contributed by atoms with van der Waals surface area (Å²) in [5, 5.41) is 3.45. The maximum absolute atomic E-state index is 3.45. The highest BCUT2D eigenvalue weighted by Crippen LogP contribution is 2.26. The summed E-state index contributed by atoms with van der Waals surface area (Å²) in [6, 6.07) is 9.32.